The molecule has 0 bridgehead atoms. The topological polar surface area (TPSA) is 70.7 Å². The zero-order chi connectivity index (χ0) is 13.4. The summed E-state index contributed by atoms with van der Waals surface area (Å²) < 4.78 is 5.21. The summed E-state index contributed by atoms with van der Waals surface area (Å²) in [5.41, 5.74) is 0. The first-order chi connectivity index (χ1) is 8.69. The molecule has 1 saturated heterocycles. The summed E-state index contributed by atoms with van der Waals surface area (Å²) in [6.45, 7) is 4.91. The van der Waals surface area contributed by atoms with Crippen LogP contribution in [0.15, 0.2) is 0 Å². The van der Waals surface area contributed by atoms with Crippen LogP contribution in [-0.2, 0) is 14.3 Å². The lowest BCUT2D eigenvalue weighted by Gasteiger charge is -2.30. The Morgan fingerprint density at radius 3 is 2.56 bits per heavy atom. The zero-order valence-corrected chi connectivity index (χ0v) is 11.2. The molecule has 6 heteroatoms. The number of rotatable bonds is 6. The predicted molar refractivity (Wildman–Crippen MR) is 68.2 cm³/mol. The van der Waals surface area contributed by atoms with Crippen molar-refractivity contribution >= 4 is 11.8 Å². The third-order valence-corrected chi connectivity index (χ3v) is 2.97. The van der Waals surface area contributed by atoms with E-state index in [9.17, 15) is 9.59 Å². The zero-order valence-electron chi connectivity index (χ0n) is 11.2. The van der Waals surface area contributed by atoms with E-state index in [1.165, 1.54) is 0 Å². The van der Waals surface area contributed by atoms with E-state index in [4.69, 9.17) is 4.74 Å². The van der Waals surface area contributed by atoms with Crippen molar-refractivity contribution in [1.29, 1.82) is 0 Å². The van der Waals surface area contributed by atoms with Crippen molar-refractivity contribution < 1.29 is 14.3 Å². The number of carbonyl (C=O) groups excluding carboxylic acids is 2. The van der Waals surface area contributed by atoms with Crippen molar-refractivity contribution in [3.63, 3.8) is 0 Å². The van der Waals surface area contributed by atoms with Crippen molar-refractivity contribution in [2.45, 2.75) is 25.8 Å². The summed E-state index contributed by atoms with van der Waals surface area (Å²) in [7, 11) is 1.80. The van der Waals surface area contributed by atoms with Crippen LogP contribution in [-0.4, -0.2) is 62.7 Å². The Morgan fingerprint density at radius 2 is 2.00 bits per heavy atom. The highest BCUT2D eigenvalue weighted by atomic mass is 16.5. The molecule has 1 fully saturated rings. The molecule has 1 rings (SSSR count). The van der Waals surface area contributed by atoms with Gasteiger partial charge in [-0.1, -0.05) is 6.92 Å². The fourth-order valence-electron chi connectivity index (χ4n) is 1.85. The number of nitrogens with zero attached hydrogens (tertiary/aromatic N) is 1. The number of hydrogen-bond donors (Lipinski definition) is 2. The minimum atomic E-state index is -0.410. The summed E-state index contributed by atoms with van der Waals surface area (Å²) in [4.78, 5) is 25.6. The maximum atomic E-state index is 12.2. The molecule has 0 saturated carbocycles. The van der Waals surface area contributed by atoms with Gasteiger partial charge in [-0.25, -0.2) is 0 Å². The molecule has 6 nitrogen and oxygen atoms in total. The summed E-state index contributed by atoms with van der Waals surface area (Å²) in [5.74, 6) is -0.0867. The average Bonchev–Trinajstić information content (AvgIpc) is 2.42. The summed E-state index contributed by atoms with van der Waals surface area (Å²) >= 11 is 0. The van der Waals surface area contributed by atoms with Crippen LogP contribution in [0.3, 0.4) is 0 Å². The lowest BCUT2D eigenvalue weighted by atomic mass is 10.1. The van der Waals surface area contributed by atoms with Gasteiger partial charge in [0.2, 0.25) is 11.8 Å². The standard InChI is InChI=1S/C12H23N3O3/c1-3-10(14-11(16)4-5-13-2)12(17)15-6-8-18-9-7-15/h10,13H,3-9H2,1-2H3,(H,14,16). The van der Waals surface area contributed by atoms with E-state index in [1.54, 1.807) is 11.9 Å². The first-order valence-electron chi connectivity index (χ1n) is 6.49. The van der Waals surface area contributed by atoms with Crippen LogP contribution in [0, 0.1) is 0 Å². The fraction of sp³-hybridized carbons (Fsp3) is 0.833. The van der Waals surface area contributed by atoms with Crippen LogP contribution in [0.4, 0.5) is 0 Å². The maximum absolute atomic E-state index is 12.2. The number of morpholine rings is 1. The Hall–Kier alpha value is -1.14. The molecule has 0 spiro atoms. The SMILES string of the molecule is CCC(NC(=O)CCNC)C(=O)N1CCOCC1. The lowest BCUT2D eigenvalue weighted by Crippen LogP contribution is -2.51. The molecule has 0 aromatic carbocycles. The number of nitrogens with one attached hydrogen (secondary N) is 2. The smallest absolute Gasteiger partial charge is 0.245 e. The second-order valence-electron chi connectivity index (χ2n) is 4.32. The van der Waals surface area contributed by atoms with Crippen molar-refractivity contribution in [3.05, 3.63) is 0 Å². The van der Waals surface area contributed by atoms with E-state index in [0.29, 0.717) is 45.7 Å². The monoisotopic (exact) mass is 257 g/mol. The van der Waals surface area contributed by atoms with Gasteiger partial charge in [-0.15, -0.1) is 0 Å². The van der Waals surface area contributed by atoms with E-state index < -0.39 is 6.04 Å². The molecule has 2 amide bonds. The van der Waals surface area contributed by atoms with Gasteiger partial charge in [0, 0.05) is 26.1 Å². The van der Waals surface area contributed by atoms with Crippen molar-refractivity contribution in [2.75, 3.05) is 39.9 Å². The van der Waals surface area contributed by atoms with E-state index in [0.717, 1.165) is 0 Å². The molecule has 1 aliphatic rings. The highest BCUT2D eigenvalue weighted by molar-refractivity contribution is 5.87. The highest BCUT2D eigenvalue weighted by Crippen LogP contribution is 2.03. The number of carbonyl (C=O) groups is 2. The predicted octanol–water partition coefficient (Wildman–Crippen LogP) is -0.650. The molecule has 0 radical (unpaired) electrons. The summed E-state index contributed by atoms with van der Waals surface area (Å²) in [6.07, 6.45) is 1.00. The molecule has 1 heterocycles. The van der Waals surface area contributed by atoms with E-state index in [2.05, 4.69) is 10.6 Å². The highest BCUT2D eigenvalue weighted by Gasteiger charge is 2.25. The Kier molecular flexibility index (Phi) is 6.67. The van der Waals surface area contributed by atoms with Gasteiger partial charge in [-0.05, 0) is 13.5 Å². The quantitative estimate of drug-likeness (QED) is 0.663. The Labute approximate surface area is 108 Å². The van der Waals surface area contributed by atoms with Crippen molar-refractivity contribution in [2.24, 2.45) is 0 Å². The second kappa shape index (κ2) is 8.05. The van der Waals surface area contributed by atoms with Gasteiger partial charge >= 0.3 is 0 Å². The maximum Gasteiger partial charge on any atom is 0.245 e. The van der Waals surface area contributed by atoms with Gasteiger partial charge in [0.1, 0.15) is 6.04 Å². The fourth-order valence-corrected chi connectivity index (χ4v) is 1.85. The third-order valence-electron chi connectivity index (χ3n) is 2.97. The van der Waals surface area contributed by atoms with Gasteiger partial charge in [0.15, 0.2) is 0 Å². The molecule has 1 unspecified atom stereocenters. The Balaban J connectivity index is 2.43. The van der Waals surface area contributed by atoms with Crippen LogP contribution in [0.25, 0.3) is 0 Å². The molecule has 0 aromatic heterocycles. The van der Waals surface area contributed by atoms with Crippen molar-refractivity contribution in [1.82, 2.24) is 15.5 Å². The van der Waals surface area contributed by atoms with Gasteiger partial charge in [0.05, 0.1) is 13.2 Å². The second-order valence-corrected chi connectivity index (χ2v) is 4.32. The largest absolute Gasteiger partial charge is 0.378 e. The van der Waals surface area contributed by atoms with Crippen LogP contribution >= 0.6 is 0 Å². The molecular weight excluding hydrogens is 234 g/mol. The van der Waals surface area contributed by atoms with Crippen LogP contribution in [0.1, 0.15) is 19.8 Å². The van der Waals surface area contributed by atoms with Crippen molar-refractivity contribution in [3.8, 4) is 0 Å². The Bertz CT molecular complexity index is 278. The molecule has 0 aromatic rings. The first kappa shape index (κ1) is 14.9. The lowest BCUT2D eigenvalue weighted by molar-refractivity contribution is -0.140. The average molecular weight is 257 g/mol. The van der Waals surface area contributed by atoms with Crippen LogP contribution in [0.5, 0.6) is 0 Å². The molecule has 18 heavy (non-hydrogen) atoms. The third kappa shape index (κ3) is 4.62. The van der Waals surface area contributed by atoms with Gasteiger partial charge in [-0.2, -0.15) is 0 Å². The van der Waals surface area contributed by atoms with E-state index >= 15 is 0 Å². The van der Waals surface area contributed by atoms with Gasteiger partial charge in [0.25, 0.3) is 0 Å². The minimum Gasteiger partial charge on any atom is -0.378 e. The first-order valence-corrected chi connectivity index (χ1v) is 6.49. The number of amides is 2. The summed E-state index contributed by atoms with van der Waals surface area (Å²) in [6, 6.07) is -0.410. The molecule has 1 aliphatic heterocycles. The molecular formula is C12H23N3O3. The van der Waals surface area contributed by atoms with Crippen LogP contribution < -0.4 is 10.6 Å². The normalized spacial score (nSPS) is 17.3. The van der Waals surface area contributed by atoms with E-state index in [-0.39, 0.29) is 11.8 Å². The van der Waals surface area contributed by atoms with E-state index in [1.807, 2.05) is 6.92 Å². The van der Waals surface area contributed by atoms with Gasteiger partial charge < -0.3 is 20.3 Å². The molecule has 0 aliphatic carbocycles. The number of hydrogen-bond acceptors (Lipinski definition) is 4. The molecule has 1 atom stereocenters. The molecule has 104 valence electrons. The molecule has 2 N–H and O–H groups in total. The Morgan fingerprint density at radius 1 is 1.33 bits per heavy atom. The number of ether oxygens (including phenoxy) is 1. The van der Waals surface area contributed by atoms with Gasteiger partial charge in [-0.3, -0.25) is 9.59 Å². The summed E-state index contributed by atoms with van der Waals surface area (Å²) in [5, 5.41) is 5.70. The minimum absolute atomic E-state index is 0.00129. The van der Waals surface area contributed by atoms with Crippen LogP contribution in [0.2, 0.25) is 0 Å².